The van der Waals surface area contributed by atoms with E-state index in [-0.39, 0.29) is 17.2 Å². The number of nitrogens with zero attached hydrogens (tertiary/aromatic N) is 1. The Morgan fingerprint density at radius 1 is 1.17 bits per heavy atom. The van der Waals surface area contributed by atoms with Gasteiger partial charge in [-0.1, -0.05) is 27.7 Å². The van der Waals surface area contributed by atoms with Crippen molar-refractivity contribution < 1.29 is 14.3 Å². The normalized spacial score (nSPS) is 17.4. The molecule has 2 aromatic carbocycles. The first-order valence-corrected chi connectivity index (χ1v) is 10.4. The summed E-state index contributed by atoms with van der Waals surface area (Å²) in [6, 6.07) is 14.2. The summed E-state index contributed by atoms with van der Waals surface area (Å²) in [4.78, 5) is 29.1. The number of thioether (sulfide) groups is 1. The lowest BCUT2D eigenvalue weighted by Crippen LogP contribution is -2.29. The number of nitrogens with two attached hydrogens (primary N) is 2. The molecule has 7 nitrogen and oxygen atoms in total. The van der Waals surface area contributed by atoms with Crippen LogP contribution in [0.5, 0.6) is 5.75 Å². The van der Waals surface area contributed by atoms with E-state index in [1.807, 2.05) is 19.1 Å². The van der Waals surface area contributed by atoms with Crippen LogP contribution in [0, 0.1) is 0 Å². The molecule has 0 unspecified atom stereocenters. The van der Waals surface area contributed by atoms with Gasteiger partial charge in [-0.15, -0.1) is 0 Å². The van der Waals surface area contributed by atoms with E-state index in [0.717, 1.165) is 16.2 Å². The summed E-state index contributed by atoms with van der Waals surface area (Å²) in [5, 5.41) is 2.30. The number of benzene rings is 2. The molecule has 0 aliphatic carbocycles. The van der Waals surface area contributed by atoms with Crippen molar-refractivity contribution in [1.29, 1.82) is 0 Å². The maximum absolute atomic E-state index is 12.7. The number of primary amides is 1. The lowest BCUT2D eigenvalue weighted by Gasteiger charge is -2.11. The predicted molar refractivity (Wildman–Crippen MR) is 119 cm³/mol. The molecule has 0 saturated heterocycles. The van der Waals surface area contributed by atoms with Crippen molar-refractivity contribution in [2.45, 2.75) is 12.2 Å². The van der Waals surface area contributed by atoms with Gasteiger partial charge in [0.15, 0.2) is 0 Å². The zero-order valence-electron chi connectivity index (χ0n) is 15.5. The number of hydrogen-bond donors (Lipinski definition) is 3. The number of carbonyl (C=O) groups is 2. The molecular weight excluding hydrogens is 456 g/mol. The highest BCUT2D eigenvalue weighted by Gasteiger charge is 2.37. The third-order valence-electron chi connectivity index (χ3n) is 3.99. The van der Waals surface area contributed by atoms with Gasteiger partial charge in [-0.05, 0) is 55.5 Å². The van der Waals surface area contributed by atoms with Crippen LogP contribution < -0.4 is 21.5 Å². The van der Waals surface area contributed by atoms with Gasteiger partial charge in [0.2, 0.25) is 5.91 Å². The van der Waals surface area contributed by atoms with Crippen molar-refractivity contribution in [1.82, 2.24) is 0 Å². The topological polar surface area (TPSA) is 120 Å². The molecule has 9 heteroatoms. The molecule has 1 aliphatic heterocycles. The van der Waals surface area contributed by atoms with Gasteiger partial charge in [-0.3, -0.25) is 9.59 Å². The van der Waals surface area contributed by atoms with Crippen molar-refractivity contribution in [3.8, 4) is 5.75 Å². The second-order valence-electron chi connectivity index (χ2n) is 6.03. The zero-order valence-corrected chi connectivity index (χ0v) is 17.9. The molecule has 0 radical (unpaired) electrons. The first kappa shape index (κ1) is 20.9. The summed E-state index contributed by atoms with van der Waals surface area (Å²) >= 11 is 4.44. The number of amides is 2. The molecule has 0 aromatic heterocycles. The molecule has 1 aliphatic rings. The van der Waals surface area contributed by atoms with Crippen LogP contribution in [0.3, 0.4) is 0 Å². The molecule has 0 bridgehead atoms. The molecule has 2 aromatic rings. The average molecular weight is 475 g/mol. The lowest BCUT2D eigenvalue weighted by atomic mass is 10.1. The largest absolute Gasteiger partial charge is 0.494 e. The Hall–Kier alpha value is -2.78. The molecule has 0 spiro atoms. The van der Waals surface area contributed by atoms with E-state index in [1.165, 1.54) is 0 Å². The Morgan fingerprint density at radius 2 is 1.83 bits per heavy atom. The quantitative estimate of drug-likeness (QED) is 0.592. The number of anilines is 1. The minimum absolute atomic E-state index is 0.0693. The van der Waals surface area contributed by atoms with Gasteiger partial charge in [-0.2, -0.15) is 0 Å². The van der Waals surface area contributed by atoms with Crippen molar-refractivity contribution >= 4 is 55.9 Å². The summed E-state index contributed by atoms with van der Waals surface area (Å²) in [6.45, 7) is 2.46. The van der Waals surface area contributed by atoms with E-state index in [1.54, 1.807) is 36.4 Å². The van der Waals surface area contributed by atoms with Gasteiger partial charge in [0.05, 0.1) is 17.9 Å². The van der Waals surface area contributed by atoms with E-state index >= 15 is 0 Å². The summed E-state index contributed by atoms with van der Waals surface area (Å²) < 4.78 is 6.30. The molecule has 150 valence electrons. The number of hydrogen-bond acceptors (Lipinski definition) is 6. The van der Waals surface area contributed by atoms with Crippen LogP contribution in [0.15, 0.2) is 69.3 Å². The van der Waals surface area contributed by atoms with Crippen LogP contribution in [0.4, 0.5) is 11.4 Å². The second kappa shape index (κ2) is 9.15. The average Bonchev–Trinajstić information content (AvgIpc) is 3.01. The van der Waals surface area contributed by atoms with Crippen molar-refractivity contribution in [2.75, 3.05) is 11.9 Å². The van der Waals surface area contributed by atoms with E-state index in [2.05, 4.69) is 26.2 Å². The number of rotatable bonds is 6. The fourth-order valence-electron chi connectivity index (χ4n) is 2.66. The molecular formula is C20H19BrN4O3S. The van der Waals surface area contributed by atoms with Gasteiger partial charge in [-0.25, -0.2) is 4.99 Å². The van der Waals surface area contributed by atoms with Crippen LogP contribution in [-0.4, -0.2) is 28.7 Å². The Kier molecular flexibility index (Phi) is 6.60. The molecule has 1 heterocycles. The second-order valence-corrected chi connectivity index (χ2v) is 8.04. The fourth-order valence-corrected chi connectivity index (χ4v) is 4.05. The lowest BCUT2D eigenvalue weighted by molar-refractivity contribution is -0.115. The van der Waals surface area contributed by atoms with Gasteiger partial charge in [0, 0.05) is 15.9 Å². The van der Waals surface area contributed by atoms with Gasteiger partial charge >= 0.3 is 0 Å². The number of halogens is 1. The fraction of sp³-hybridized carbons (Fsp3) is 0.150. The predicted octanol–water partition coefficient (Wildman–Crippen LogP) is 3.33. The Balaban J connectivity index is 1.83. The van der Waals surface area contributed by atoms with Crippen molar-refractivity contribution in [3.63, 3.8) is 0 Å². The summed E-state index contributed by atoms with van der Waals surface area (Å²) in [5.41, 5.74) is 13.0. The van der Waals surface area contributed by atoms with E-state index < -0.39 is 11.2 Å². The molecule has 0 saturated carbocycles. The molecule has 3 rings (SSSR count). The third kappa shape index (κ3) is 4.99. The molecule has 1 atom stereocenters. The van der Waals surface area contributed by atoms with Crippen LogP contribution in [0.2, 0.25) is 0 Å². The van der Waals surface area contributed by atoms with E-state index in [9.17, 15) is 9.59 Å². The molecule has 29 heavy (non-hydrogen) atoms. The highest BCUT2D eigenvalue weighted by Crippen LogP contribution is 2.35. The van der Waals surface area contributed by atoms with Gasteiger partial charge in [0.1, 0.15) is 16.0 Å². The summed E-state index contributed by atoms with van der Waals surface area (Å²) in [7, 11) is 0. The van der Waals surface area contributed by atoms with Crippen LogP contribution in [0.1, 0.15) is 6.92 Å². The molecule has 5 N–H and O–H groups in total. The maximum Gasteiger partial charge on any atom is 0.253 e. The Morgan fingerprint density at radius 3 is 2.41 bits per heavy atom. The van der Waals surface area contributed by atoms with Crippen molar-refractivity contribution in [3.05, 3.63) is 64.3 Å². The van der Waals surface area contributed by atoms with Gasteiger partial charge < -0.3 is 21.5 Å². The van der Waals surface area contributed by atoms with Crippen LogP contribution in [0.25, 0.3) is 0 Å². The number of aliphatic imine (C=N–C) groups is 1. The first-order valence-electron chi connectivity index (χ1n) is 8.73. The SMILES string of the molecule is CCOc1ccc(N=C2S[C@H](C(=O)Nc3ccc(Br)cc3)C(N)=C2C(N)=O)cc1. The number of carbonyl (C=O) groups excluding carboxylic acids is 2. The maximum atomic E-state index is 12.7. The molecule has 2 amide bonds. The summed E-state index contributed by atoms with van der Waals surface area (Å²) in [6.07, 6.45) is 0. The monoisotopic (exact) mass is 474 g/mol. The third-order valence-corrected chi connectivity index (χ3v) is 5.74. The smallest absolute Gasteiger partial charge is 0.253 e. The standard InChI is InChI=1S/C20H19BrN4O3S/c1-2-28-14-9-7-13(8-10-14)25-20-15(18(23)26)16(22)17(29-20)19(27)24-12-5-3-11(21)4-6-12/h3-10,17H,2,22H2,1H3,(H2,23,26)(H,24,27)/t17-/m0/s1. The van der Waals surface area contributed by atoms with Crippen molar-refractivity contribution in [2.24, 2.45) is 16.5 Å². The minimum Gasteiger partial charge on any atom is -0.494 e. The van der Waals surface area contributed by atoms with E-state index in [4.69, 9.17) is 16.2 Å². The highest BCUT2D eigenvalue weighted by molar-refractivity contribution is 9.10. The van der Waals surface area contributed by atoms with Crippen LogP contribution >= 0.6 is 27.7 Å². The number of nitrogens with one attached hydrogen (secondary N) is 1. The Bertz CT molecular complexity index is 988. The Labute approximate surface area is 180 Å². The molecule has 0 fully saturated rings. The summed E-state index contributed by atoms with van der Waals surface area (Å²) in [5.74, 6) is -0.364. The minimum atomic E-state index is -0.803. The highest BCUT2D eigenvalue weighted by atomic mass is 79.9. The van der Waals surface area contributed by atoms with Crippen LogP contribution in [-0.2, 0) is 9.59 Å². The number of ether oxygens (including phenoxy) is 1. The zero-order chi connectivity index (χ0) is 21.0. The van der Waals surface area contributed by atoms with Gasteiger partial charge in [0.25, 0.3) is 5.91 Å². The van der Waals surface area contributed by atoms with E-state index in [0.29, 0.717) is 28.8 Å². The first-order chi connectivity index (χ1) is 13.9.